The van der Waals surface area contributed by atoms with Gasteiger partial charge in [0.2, 0.25) is 0 Å². The fourth-order valence-electron chi connectivity index (χ4n) is 5.05. The van der Waals surface area contributed by atoms with Crippen molar-refractivity contribution in [2.75, 3.05) is 13.2 Å². The molecule has 3 rings (SSSR count). The highest BCUT2D eigenvalue weighted by Crippen LogP contribution is 2.54. The maximum Gasteiger partial charge on any atom is 0.392 e. The molecule has 0 amide bonds. The van der Waals surface area contributed by atoms with Crippen LogP contribution in [0.15, 0.2) is 70.3 Å². The van der Waals surface area contributed by atoms with Crippen LogP contribution in [0, 0.1) is 0 Å². The molecule has 0 fully saturated rings. The molecular formula is C28H42O2Si3. The van der Waals surface area contributed by atoms with Crippen LogP contribution < -0.4 is 0 Å². The van der Waals surface area contributed by atoms with Crippen LogP contribution in [-0.4, -0.2) is 37.9 Å². The van der Waals surface area contributed by atoms with Gasteiger partial charge in [-0.05, 0) is 44.8 Å². The van der Waals surface area contributed by atoms with Crippen LogP contribution in [0.25, 0.3) is 11.1 Å². The Balaban J connectivity index is 2.54. The SMILES string of the molecule is CCCO[Si]1(OCCC)C([Si](C)(C)C)=C(c2ccccc2)C(c2ccccc2)=C1[Si](C)(C)C. The van der Waals surface area contributed by atoms with Gasteiger partial charge in [-0.15, -0.1) is 0 Å². The van der Waals surface area contributed by atoms with E-state index in [1.807, 2.05) is 0 Å². The van der Waals surface area contributed by atoms with Crippen molar-refractivity contribution in [3.05, 3.63) is 81.4 Å². The Morgan fingerprint density at radius 3 is 1.18 bits per heavy atom. The summed E-state index contributed by atoms with van der Waals surface area (Å²) in [6, 6.07) is 22.0. The molecule has 2 aromatic rings. The first-order valence-electron chi connectivity index (χ1n) is 12.5. The monoisotopic (exact) mass is 494 g/mol. The number of benzene rings is 2. The smallest absolute Gasteiger partial charge is 0.388 e. The predicted octanol–water partition coefficient (Wildman–Crippen LogP) is 8.04. The molecule has 0 unspecified atom stereocenters. The standard InChI is InChI=1S/C28H42O2Si3/c1-9-21-29-33(30-22-10-2)27(31(3,4)5)25(23-17-13-11-14-18-23)26(28(33)32(6,7)8)24-19-15-12-16-20-24/h11-20H,9-10,21-22H2,1-8H3. The average molecular weight is 495 g/mol. The Morgan fingerprint density at radius 1 is 0.576 bits per heavy atom. The lowest BCUT2D eigenvalue weighted by atomic mass is 9.95. The fourth-order valence-corrected chi connectivity index (χ4v) is 20.1. The van der Waals surface area contributed by atoms with Crippen molar-refractivity contribution in [3.63, 3.8) is 0 Å². The van der Waals surface area contributed by atoms with E-state index in [-0.39, 0.29) is 0 Å². The molecule has 0 saturated carbocycles. The zero-order valence-electron chi connectivity index (χ0n) is 21.9. The molecule has 5 heteroatoms. The molecule has 0 spiro atoms. The number of rotatable bonds is 10. The normalized spacial score (nSPS) is 16.6. The van der Waals surface area contributed by atoms with Crippen molar-refractivity contribution in [1.29, 1.82) is 0 Å². The zero-order valence-corrected chi connectivity index (χ0v) is 24.9. The van der Waals surface area contributed by atoms with Gasteiger partial charge in [0.05, 0.1) is 16.1 Å². The maximum absolute atomic E-state index is 7.09. The minimum atomic E-state index is -2.81. The number of hydrogen-bond donors (Lipinski definition) is 0. The quantitative estimate of drug-likeness (QED) is 0.311. The Kier molecular flexibility index (Phi) is 8.23. The predicted molar refractivity (Wildman–Crippen MR) is 152 cm³/mol. The summed E-state index contributed by atoms with van der Waals surface area (Å²) >= 11 is 0. The molecule has 0 saturated heterocycles. The highest BCUT2D eigenvalue weighted by atomic mass is 28.4. The summed E-state index contributed by atoms with van der Waals surface area (Å²) in [6.07, 6.45) is 2.01. The first kappa shape index (κ1) is 26.1. The molecule has 0 N–H and O–H groups in total. The van der Waals surface area contributed by atoms with E-state index in [1.54, 1.807) is 9.64 Å². The van der Waals surface area contributed by atoms with Crippen LogP contribution in [0.4, 0.5) is 0 Å². The first-order chi connectivity index (χ1) is 15.6. The van der Waals surface area contributed by atoms with Gasteiger partial charge in [-0.2, -0.15) is 0 Å². The largest absolute Gasteiger partial charge is 0.392 e. The first-order valence-corrected chi connectivity index (χ1v) is 21.3. The van der Waals surface area contributed by atoms with E-state index in [0.717, 1.165) is 26.1 Å². The van der Waals surface area contributed by atoms with E-state index in [2.05, 4.69) is 114 Å². The number of allylic oxidation sites excluding steroid dienone is 2. The molecular weight excluding hydrogens is 453 g/mol. The summed E-state index contributed by atoms with van der Waals surface area (Å²) < 4.78 is 14.2. The third-order valence-corrected chi connectivity index (χ3v) is 19.1. The molecule has 2 nitrogen and oxygen atoms in total. The van der Waals surface area contributed by atoms with Crippen LogP contribution in [0.1, 0.15) is 37.8 Å². The van der Waals surface area contributed by atoms with Crippen LogP contribution in [0.5, 0.6) is 0 Å². The molecule has 1 aliphatic heterocycles. The van der Waals surface area contributed by atoms with E-state index in [0.29, 0.717) is 0 Å². The molecule has 178 valence electrons. The van der Waals surface area contributed by atoms with Crippen LogP contribution in [0.2, 0.25) is 39.3 Å². The van der Waals surface area contributed by atoms with Crippen LogP contribution >= 0.6 is 0 Å². The Bertz CT molecular complexity index is 913. The summed E-state index contributed by atoms with van der Waals surface area (Å²) in [6.45, 7) is 20.8. The van der Waals surface area contributed by atoms with Gasteiger partial charge in [0.25, 0.3) is 0 Å². The van der Waals surface area contributed by atoms with Crippen molar-refractivity contribution in [1.82, 2.24) is 0 Å². The third kappa shape index (κ3) is 5.28. The topological polar surface area (TPSA) is 18.5 Å². The van der Waals surface area contributed by atoms with Crippen molar-refractivity contribution >= 4 is 35.9 Å². The summed E-state index contributed by atoms with van der Waals surface area (Å²) in [5, 5.41) is 0. The van der Waals surface area contributed by atoms with Crippen molar-refractivity contribution in [3.8, 4) is 0 Å². The summed E-state index contributed by atoms with van der Waals surface area (Å²) in [5.74, 6) is 0. The molecule has 0 atom stereocenters. The summed E-state index contributed by atoms with van der Waals surface area (Å²) in [4.78, 5) is 3.08. The van der Waals surface area contributed by atoms with Gasteiger partial charge in [-0.25, -0.2) is 0 Å². The van der Waals surface area contributed by atoms with Crippen molar-refractivity contribution in [2.24, 2.45) is 0 Å². The molecule has 0 radical (unpaired) electrons. The van der Waals surface area contributed by atoms with Gasteiger partial charge in [0.1, 0.15) is 0 Å². The van der Waals surface area contributed by atoms with E-state index in [9.17, 15) is 0 Å². The molecule has 0 aliphatic carbocycles. The lowest BCUT2D eigenvalue weighted by molar-refractivity contribution is 0.187. The minimum Gasteiger partial charge on any atom is -0.388 e. The average Bonchev–Trinajstić information content (AvgIpc) is 3.09. The maximum atomic E-state index is 7.09. The minimum absolute atomic E-state index is 0.752. The summed E-state index contributed by atoms with van der Waals surface area (Å²) in [5.41, 5.74) is 5.44. The highest BCUT2D eigenvalue weighted by molar-refractivity contribution is 7.15. The second-order valence-corrected chi connectivity index (χ2v) is 24.9. The Labute approximate surface area is 205 Å². The van der Waals surface area contributed by atoms with Gasteiger partial charge < -0.3 is 8.85 Å². The molecule has 33 heavy (non-hydrogen) atoms. The second-order valence-electron chi connectivity index (χ2n) is 11.0. The zero-order chi connectivity index (χ0) is 24.3. The van der Waals surface area contributed by atoms with Gasteiger partial charge in [-0.1, -0.05) is 114 Å². The van der Waals surface area contributed by atoms with Crippen molar-refractivity contribution < 1.29 is 8.85 Å². The van der Waals surface area contributed by atoms with E-state index < -0.39 is 24.7 Å². The lowest BCUT2D eigenvalue weighted by Gasteiger charge is -2.40. The van der Waals surface area contributed by atoms with Gasteiger partial charge >= 0.3 is 8.56 Å². The summed E-state index contributed by atoms with van der Waals surface area (Å²) in [7, 11) is -6.47. The molecule has 1 heterocycles. The van der Waals surface area contributed by atoms with Crippen LogP contribution in [0.3, 0.4) is 0 Å². The molecule has 0 bridgehead atoms. The fraction of sp³-hybridized carbons (Fsp3) is 0.429. The molecule has 2 aromatic carbocycles. The lowest BCUT2D eigenvalue weighted by Crippen LogP contribution is -2.57. The van der Waals surface area contributed by atoms with Gasteiger partial charge in [-0.3, -0.25) is 0 Å². The Morgan fingerprint density at radius 2 is 0.909 bits per heavy atom. The second kappa shape index (κ2) is 10.4. The van der Waals surface area contributed by atoms with E-state index >= 15 is 0 Å². The third-order valence-electron chi connectivity index (χ3n) is 6.05. The van der Waals surface area contributed by atoms with Crippen LogP contribution in [-0.2, 0) is 8.85 Å². The highest BCUT2D eigenvalue weighted by Gasteiger charge is 2.60. The molecule has 1 aliphatic rings. The number of hydrogen-bond acceptors (Lipinski definition) is 2. The molecule has 0 aromatic heterocycles. The van der Waals surface area contributed by atoms with E-state index in [4.69, 9.17) is 8.85 Å². The van der Waals surface area contributed by atoms with E-state index in [1.165, 1.54) is 22.3 Å². The van der Waals surface area contributed by atoms with Gasteiger partial charge in [0, 0.05) is 13.2 Å². The Hall–Kier alpha value is -1.51. The van der Waals surface area contributed by atoms with Gasteiger partial charge in [0.15, 0.2) is 0 Å². The van der Waals surface area contributed by atoms with Crippen molar-refractivity contribution in [2.45, 2.75) is 66.0 Å².